The van der Waals surface area contributed by atoms with Gasteiger partial charge in [-0.1, -0.05) is 42.5 Å². The molecule has 0 saturated carbocycles. The fourth-order valence-corrected chi connectivity index (χ4v) is 3.93. The monoisotopic (exact) mass is 384 g/mol. The number of nitrogens with one attached hydrogen (secondary N) is 2. The van der Waals surface area contributed by atoms with Gasteiger partial charge in [0.15, 0.2) is 0 Å². The Morgan fingerprint density at radius 3 is 2.71 bits per heavy atom. The van der Waals surface area contributed by atoms with Crippen LogP contribution >= 0.6 is 0 Å². The molecule has 2 aromatic carbocycles. The van der Waals surface area contributed by atoms with E-state index in [-0.39, 0.29) is 6.04 Å². The van der Waals surface area contributed by atoms with Crippen LogP contribution < -0.4 is 15.4 Å². The van der Waals surface area contributed by atoms with Crippen LogP contribution in [0.5, 0.6) is 5.75 Å². The molecule has 6 nitrogen and oxygen atoms in total. The number of aliphatic hydroxyl groups is 1. The molecule has 1 aliphatic rings. The zero-order valence-electron chi connectivity index (χ0n) is 16.1. The van der Waals surface area contributed by atoms with E-state index in [4.69, 9.17) is 9.84 Å². The largest absolute Gasteiger partial charge is 0.496 e. The molecule has 1 aliphatic carbocycles. The van der Waals surface area contributed by atoms with Gasteiger partial charge in [-0.2, -0.15) is 0 Å². The van der Waals surface area contributed by atoms with Crippen molar-refractivity contribution in [2.45, 2.75) is 43.9 Å². The SMILES string of the molecule is COc1cccc2c1CCCC2NC[C@@H](O)[C@H](Cc1ccccc1)NC(=O)O. The highest BCUT2D eigenvalue weighted by molar-refractivity contribution is 5.65. The molecule has 2 aromatic rings. The Morgan fingerprint density at radius 1 is 1.21 bits per heavy atom. The lowest BCUT2D eigenvalue weighted by Gasteiger charge is -2.30. The number of methoxy groups -OCH3 is 1. The van der Waals surface area contributed by atoms with E-state index in [0.29, 0.717) is 13.0 Å². The van der Waals surface area contributed by atoms with Gasteiger partial charge in [-0.25, -0.2) is 4.79 Å². The number of hydrogen-bond donors (Lipinski definition) is 4. The number of aliphatic hydroxyl groups excluding tert-OH is 1. The maximum atomic E-state index is 11.2. The minimum Gasteiger partial charge on any atom is -0.496 e. The van der Waals surface area contributed by atoms with E-state index in [2.05, 4.69) is 16.7 Å². The van der Waals surface area contributed by atoms with E-state index >= 15 is 0 Å². The zero-order chi connectivity index (χ0) is 19.9. The third-order valence-corrected chi connectivity index (χ3v) is 5.33. The van der Waals surface area contributed by atoms with Gasteiger partial charge in [0, 0.05) is 12.6 Å². The van der Waals surface area contributed by atoms with Gasteiger partial charge in [0.25, 0.3) is 0 Å². The first-order valence-corrected chi connectivity index (χ1v) is 9.69. The summed E-state index contributed by atoms with van der Waals surface area (Å²) in [7, 11) is 1.68. The van der Waals surface area contributed by atoms with Crippen molar-refractivity contribution in [3.8, 4) is 5.75 Å². The molecule has 0 aliphatic heterocycles. The van der Waals surface area contributed by atoms with E-state index in [1.54, 1.807) is 7.11 Å². The van der Waals surface area contributed by atoms with Crippen LogP contribution in [-0.2, 0) is 12.8 Å². The van der Waals surface area contributed by atoms with Crippen LogP contribution in [0.25, 0.3) is 0 Å². The Labute approximate surface area is 165 Å². The molecule has 0 heterocycles. The van der Waals surface area contributed by atoms with Crippen LogP contribution in [0, 0.1) is 0 Å². The number of fused-ring (bicyclic) bond motifs is 1. The Bertz CT molecular complexity index is 781. The standard InChI is InChI=1S/C22H28N2O4/c1-28-21-12-6-9-16-17(21)10-5-11-18(16)23-14-20(25)19(24-22(26)27)13-15-7-3-2-4-8-15/h2-4,6-9,12,18-20,23-25H,5,10-11,13-14H2,1H3,(H,26,27)/t18?,19-,20+/m0/s1. The molecular formula is C22H28N2O4. The second kappa shape index (κ2) is 9.57. The summed E-state index contributed by atoms with van der Waals surface area (Å²) in [4.78, 5) is 11.2. The normalized spacial score (nSPS) is 18.0. The zero-order valence-corrected chi connectivity index (χ0v) is 16.1. The molecule has 3 atom stereocenters. The van der Waals surface area contributed by atoms with E-state index in [1.165, 1.54) is 11.1 Å². The summed E-state index contributed by atoms with van der Waals surface area (Å²) in [5.41, 5.74) is 3.39. The maximum absolute atomic E-state index is 11.2. The first-order valence-electron chi connectivity index (χ1n) is 9.69. The minimum absolute atomic E-state index is 0.121. The van der Waals surface area contributed by atoms with Gasteiger partial charge in [0.05, 0.1) is 19.3 Å². The van der Waals surface area contributed by atoms with Gasteiger partial charge in [0.1, 0.15) is 5.75 Å². The van der Waals surface area contributed by atoms with E-state index in [9.17, 15) is 9.90 Å². The second-order valence-corrected chi connectivity index (χ2v) is 7.19. The van der Waals surface area contributed by atoms with Crippen LogP contribution in [0.15, 0.2) is 48.5 Å². The highest BCUT2D eigenvalue weighted by Gasteiger charge is 2.26. The molecule has 0 radical (unpaired) electrons. The van der Waals surface area contributed by atoms with Crippen LogP contribution in [0.2, 0.25) is 0 Å². The molecule has 4 N–H and O–H groups in total. The summed E-state index contributed by atoms with van der Waals surface area (Å²) in [5, 5.41) is 25.7. The highest BCUT2D eigenvalue weighted by atomic mass is 16.5. The molecular weight excluding hydrogens is 356 g/mol. The number of amides is 1. The Hall–Kier alpha value is -2.57. The lowest BCUT2D eigenvalue weighted by Crippen LogP contribution is -2.49. The molecule has 1 amide bonds. The number of carbonyl (C=O) groups is 1. The van der Waals surface area contributed by atoms with Crippen molar-refractivity contribution in [3.05, 3.63) is 65.2 Å². The lowest BCUT2D eigenvalue weighted by molar-refractivity contribution is 0.114. The van der Waals surface area contributed by atoms with Crippen molar-refractivity contribution in [1.29, 1.82) is 0 Å². The van der Waals surface area contributed by atoms with Crippen molar-refractivity contribution < 1.29 is 19.7 Å². The Balaban J connectivity index is 1.66. The summed E-state index contributed by atoms with van der Waals surface area (Å²) < 4.78 is 5.48. The van der Waals surface area contributed by atoms with Crippen molar-refractivity contribution in [2.75, 3.05) is 13.7 Å². The predicted octanol–water partition coefficient (Wildman–Crippen LogP) is 2.90. The van der Waals surface area contributed by atoms with Gasteiger partial charge in [0.2, 0.25) is 0 Å². The molecule has 150 valence electrons. The molecule has 0 bridgehead atoms. The molecule has 0 spiro atoms. The Kier molecular flexibility index (Phi) is 6.90. The maximum Gasteiger partial charge on any atom is 0.404 e. The fourth-order valence-electron chi connectivity index (χ4n) is 3.93. The summed E-state index contributed by atoms with van der Waals surface area (Å²) in [5.74, 6) is 0.902. The number of benzene rings is 2. The van der Waals surface area contributed by atoms with Crippen molar-refractivity contribution in [1.82, 2.24) is 10.6 Å². The third kappa shape index (κ3) is 5.03. The van der Waals surface area contributed by atoms with Crippen LogP contribution in [0.4, 0.5) is 4.79 Å². The molecule has 3 rings (SSSR count). The first kappa shape index (κ1) is 20.2. The quantitative estimate of drug-likeness (QED) is 0.562. The number of hydrogen-bond acceptors (Lipinski definition) is 4. The summed E-state index contributed by atoms with van der Waals surface area (Å²) in [6.45, 7) is 0.305. The highest BCUT2D eigenvalue weighted by Crippen LogP contribution is 2.35. The molecule has 1 unspecified atom stereocenters. The molecule has 0 aromatic heterocycles. The summed E-state index contributed by atoms with van der Waals surface area (Å²) in [6.07, 6.45) is 1.47. The molecule has 0 fully saturated rings. The first-order chi connectivity index (χ1) is 13.6. The number of carboxylic acid groups (broad SMARTS) is 1. The average molecular weight is 384 g/mol. The predicted molar refractivity (Wildman–Crippen MR) is 108 cm³/mol. The van der Waals surface area contributed by atoms with E-state index in [1.807, 2.05) is 42.5 Å². The smallest absolute Gasteiger partial charge is 0.404 e. The molecule has 6 heteroatoms. The van der Waals surface area contributed by atoms with E-state index < -0.39 is 18.2 Å². The Morgan fingerprint density at radius 2 is 2.00 bits per heavy atom. The van der Waals surface area contributed by atoms with Gasteiger partial charge >= 0.3 is 6.09 Å². The molecule has 0 saturated heterocycles. The van der Waals surface area contributed by atoms with Crippen LogP contribution in [-0.4, -0.2) is 42.1 Å². The number of rotatable bonds is 8. The summed E-state index contributed by atoms with van der Waals surface area (Å²) in [6, 6.07) is 15.2. The van der Waals surface area contributed by atoms with Gasteiger partial charge in [-0.3, -0.25) is 0 Å². The fraction of sp³-hybridized carbons (Fsp3) is 0.409. The third-order valence-electron chi connectivity index (χ3n) is 5.33. The number of ether oxygens (including phenoxy) is 1. The topological polar surface area (TPSA) is 90.8 Å². The summed E-state index contributed by atoms with van der Waals surface area (Å²) >= 11 is 0. The average Bonchev–Trinajstić information content (AvgIpc) is 2.71. The van der Waals surface area contributed by atoms with Crippen molar-refractivity contribution in [3.63, 3.8) is 0 Å². The van der Waals surface area contributed by atoms with Gasteiger partial charge in [-0.15, -0.1) is 0 Å². The van der Waals surface area contributed by atoms with Crippen molar-refractivity contribution >= 4 is 6.09 Å². The molecule has 28 heavy (non-hydrogen) atoms. The van der Waals surface area contributed by atoms with Crippen molar-refractivity contribution in [2.24, 2.45) is 0 Å². The van der Waals surface area contributed by atoms with E-state index in [0.717, 1.165) is 30.6 Å². The van der Waals surface area contributed by atoms with Gasteiger partial charge in [-0.05, 0) is 48.4 Å². The lowest BCUT2D eigenvalue weighted by atomic mass is 9.87. The second-order valence-electron chi connectivity index (χ2n) is 7.19. The minimum atomic E-state index is -1.13. The van der Waals surface area contributed by atoms with Crippen LogP contribution in [0.1, 0.15) is 35.6 Å². The van der Waals surface area contributed by atoms with Crippen LogP contribution in [0.3, 0.4) is 0 Å². The van der Waals surface area contributed by atoms with Gasteiger partial charge < -0.3 is 25.6 Å².